The van der Waals surface area contributed by atoms with Crippen LogP contribution < -0.4 is 0 Å². The molecule has 0 aliphatic heterocycles. The van der Waals surface area contributed by atoms with Crippen LogP contribution in [0.4, 0.5) is 0 Å². The number of Topliss-reactive ketones (excluding diaryl/α,β-unsaturated/α-hetero) is 1. The zero-order valence-corrected chi connectivity index (χ0v) is 9.47. The van der Waals surface area contributed by atoms with Gasteiger partial charge in [0.2, 0.25) is 0 Å². The lowest BCUT2D eigenvalue weighted by molar-refractivity contribution is -0.116. The van der Waals surface area contributed by atoms with E-state index in [0.29, 0.717) is 6.42 Å². The van der Waals surface area contributed by atoms with Crippen LogP contribution in [0.15, 0.2) is 36.8 Å². The fourth-order valence-electron chi connectivity index (χ4n) is 1.57. The van der Waals surface area contributed by atoms with Gasteiger partial charge in [0, 0.05) is 18.3 Å². The van der Waals surface area contributed by atoms with Crippen molar-refractivity contribution in [2.24, 2.45) is 0 Å². The van der Waals surface area contributed by atoms with Crippen molar-refractivity contribution < 1.29 is 4.79 Å². The predicted octanol–water partition coefficient (Wildman–Crippen LogP) is 2.31. The second-order valence-corrected chi connectivity index (χ2v) is 3.99. The van der Waals surface area contributed by atoms with Gasteiger partial charge >= 0.3 is 0 Å². The summed E-state index contributed by atoms with van der Waals surface area (Å²) in [5, 5.41) is 0. The number of imidazole rings is 1. The Morgan fingerprint density at radius 2 is 2.00 bits per heavy atom. The summed E-state index contributed by atoms with van der Waals surface area (Å²) in [5.74, 6) is 0.133. The van der Waals surface area contributed by atoms with Crippen molar-refractivity contribution in [1.82, 2.24) is 9.55 Å². The minimum atomic E-state index is 0.133. The van der Waals surface area contributed by atoms with E-state index >= 15 is 0 Å². The Labute approximate surface area is 94.7 Å². The fraction of sp³-hybridized carbons (Fsp3) is 0.231. The maximum atomic E-state index is 11.0. The Hall–Kier alpha value is -1.90. The molecule has 0 bridgehead atoms. The van der Waals surface area contributed by atoms with E-state index in [4.69, 9.17) is 0 Å². The molecular formula is C13H14N2O. The Morgan fingerprint density at radius 3 is 2.62 bits per heavy atom. The van der Waals surface area contributed by atoms with Crippen LogP contribution in [-0.4, -0.2) is 15.3 Å². The van der Waals surface area contributed by atoms with Crippen molar-refractivity contribution in [3.63, 3.8) is 0 Å². The number of ketones is 1. The quantitative estimate of drug-likeness (QED) is 0.785. The van der Waals surface area contributed by atoms with E-state index in [2.05, 4.69) is 24.0 Å². The molecule has 1 aromatic heterocycles. The van der Waals surface area contributed by atoms with E-state index in [0.717, 1.165) is 11.4 Å². The van der Waals surface area contributed by atoms with Gasteiger partial charge in [0.25, 0.3) is 0 Å². The number of carbonyl (C=O) groups excluding carboxylic acids is 1. The van der Waals surface area contributed by atoms with Crippen molar-refractivity contribution in [3.05, 3.63) is 48.0 Å². The lowest BCUT2D eigenvalue weighted by Crippen LogP contribution is -1.96. The Morgan fingerprint density at radius 1 is 1.31 bits per heavy atom. The first-order chi connectivity index (χ1) is 7.65. The molecule has 0 fully saturated rings. The Bertz CT molecular complexity index is 497. The van der Waals surface area contributed by atoms with Gasteiger partial charge in [-0.3, -0.25) is 4.79 Å². The topological polar surface area (TPSA) is 34.9 Å². The first-order valence-corrected chi connectivity index (χ1v) is 5.24. The summed E-state index contributed by atoms with van der Waals surface area (Å²) in [6.07, 6.45) is 4.04. The van der Waals surface area contributed by atoms with Crippen molar-refractivity contribution in [1.29, 1.82) is 0 Å². The van der Waals surface area contributed by atoms with E-state index in [9.17, 15) is 4.79 Å². The van der Waals surface area contributed by atoms with Gasteiger partial charge in [-0.2, -0.15) is 0 Å². The molecule has 0 unspecified atom stereocenters. The molecule has 3 heteroatoms. The average molecular weight is 214 g/mol. The summed E-state index contributed by atoms with van der Waals surface area (Å²) >= 11 is 0. The molecule has 2 rings (SSSR count). The number of rotatable bonds is 3. The highest BCUT2D eigenvalue weighted by molar-refractivity contribution is 5.77. The lowest BCUT2D eigenvalue weighted by Gasteiger charge is -2.01. The minimum absolute atomic E-state index is 0.133. The first kappa shape index (κ1) is 10.6. The van der Waals surface area contributed by atoms with Gasteiger partial charge < -0.3 is 4.57 Å². The number of nitrogens with zero attached hydrogens (tertiary/aromatic N) is 2. The number of hydrogen-bond donors (Lipinski definition) is 0. The monoisotopic (exact) mass is 214 g/mol. The van der Waals surface area contributed by atoms with Gasteiger partial charge in [0.05, 0.1) is 12.0 Å². The molecule has 0 saturated heterocycles. The zero-order chi connectivity index (χ0) is 11.5. The number of aromatic nitrogens is 2. The predicted molar refractivity (Wildman–Crippen MR) is 62.7 cm³/mol. The summed E-state index contributed by atoms with van der Waals surface area (Å²) in [5.41, 5.74) is 3.11. The van der Waals surface area contributed by atoms with Gasteiger partial charge in [-0.15, -0.1) is 0 Å². The van der Waals surface area contributed by atoms with E-state index in [1.54, 1.807) is 13.3 Å². The molecule has 1 heterocycles. The van der Waals surface area contributed by atoms with Gasteiger partial charge in [0.15, 0.2) is 0 Å². The summed E-state index contributed by atoms with van der Waals surface area (Å²) < 4.78 is 1.93. The first-order valence-electron chi connectivity index (χ1n) is 5.24. The standard InChI is InChI=1S/C13H14N2O/c1-10-3-5-13(6-4-10)15-8-12(14-9-15)7-11(2)16/h3-6,8-9H,7H2,1-2H3. The van der Waals surface area contributed by atoms with Gasteiger partial charge in [-0.05, 0) is 26.0 Å². The van der Waals surface area contributed by atoms with Crippen LogP contribution in [0.2, 0.25) is 0 Å². The van der Waals surface area contributed by atoms with Gasteiger partial charge in [-0.1, -0.05) is 17.7 Å². The maximum Gasteiger partial charge on any atom is 0.135 e. The molecular weight excluding hydrogens is 200 g/mol. The Balaban J connectivity index is 2.24. The second-order valence-electron chi connectivity index (χ2n) is 3.99. The number of aryl methyl sites for hydroxylation is 1. The van der Waals surface area contributed by atoms with E-state index < -0.39 is 0 Å². The van der Waals surface area contributed by atoms with Crippen LogP contribution in [0.3, 0.4) is 0 Å². The number of hydrogen-bond acceptors (Lipinski definition) is 2. The van der Waals surface area contributed by atoms with E-state index in [-0.39, 0.29) is 5.78 Å². The molecule has 0 amide bonds. The van der Waals surface area contributed by atoms with Crippen molar-refractivity contribution in [3.8, 4) is 5.69 Å². The molecule has 0 radical (unpaired) electrons. The molecule has 0 atom stereocenters. The van der Waals surface area contributed by atoms with Gasteiger partial charge in [0.1, 0.15) is 5.78 Å². The number of benzene rings is 1. The second kappa shape index (κ2) is 4.31. The van der Waals surface area contributed by atoms with Crippen LogP contribution in [0.5, 0.6) is 0 Å². The lowest BCUT2D eigenvalue weighted by atomic mass is 10.2. The molecule has 0 spiro atoms. The highest BCUT2D eigenvalue weighted by Crippen LogP contribution is 2.10. The molecule has 0 aliphatic carbocycles. The average Bonchev–Trinajstić information content (AvgIpc) is 2.66. The van der Waals surface area contributed by atoms with Crippen molar-refractivity contribution in [2.75, 3.05) is 0 Å². The largest absolute Gasteiger partial charge is 0.306 e. The van der Waals surface area contributed by atoms with Crippen LogP contribution in [0.1, 0.15) is 18.2 Å². The normalized spacial score (nSPS) is 10.4. The smallest absolute Gasteiger partial charge is 0.135 e. The van der Waals surface area contributed by atoms with Crippen molar-refractivity contribution in [2.45, 2.75) is 20.3 Å². The van der Waals surface area contributed by atoms with E-state index in [1.165, 1.54) is 5.56 Å². The van der Waals surface area contributed by atoms with Crippen LogP contribution in [0, 0.1) is 6.92 Å². The molecule has 3 nitrogen and oxygen atoms in total. The van der Waals surface area contributed by atoms with Crippen LogP contribution in [-0.2, 0) is 11.2 Å². The molecule has 2 aromatic rings. The van der Waals surface area contributed by atoms with E-state index in [1.807, 2.05) is 22.9 Å². The molecule has 0 aliphatic rings. The third-order valence-electron chi connectivity index (χ3n) is 2.40. The molecule has 1 aromatic carbocycles. The molecule has 0 saturated carbocycles. The van der Waals surface area contributed by atoms with Crippen LogP contribution >= 0.6 is 0 Å². The third kappa shape index (κ3) is 2.37. The summed E-state index contributed by atoms with van der Waals surface area (Å²) in [6, 6.07) is 8.18. The SMILES string of the molecule is CC(=O)Cc1cn(-c2ccc(C)cc2)cn1. The highest BCUT2D eigenvalue weighted by Gasteiger charge is 2.02. The van der Waals surface area contributed by atoms with Gasteiger partial charge in [-0.25, -0.2) is 4.98 Å². The summed E-state index contributed by atoms with van der Waals surface area (Å²) in [4.78, 5) is 15.2. The molecule has 82 valence electrons. The maximum absolute atomic E-state index is 11.0. The summed E-state index contributed by atoms with van der Waals surface area (Å²) in [6.45, 7) is 3.63. The molecule has 0 N–H and O–H groups in total. The van der Waals surface area contributed by atoms with Crippen LogP contribution in [0.25, 0.3) is 5.69 Å². The zero-order valence-electron chi connectivity index (χ0n) is 9.47. The minimum Gasteiger partial charge on any atom is -0.306 e. The fourth-order valence-corrected chi connectivity index (χ4v) is 1.57. The highest BCUT2D eigenvalue weighted by atomic mass is 16.1. The summed E-state index contributed by atoms with van der Waals surface area (Å²) in [7, 11) is 0. The number of carbonyl (C=O) groups is 1. The molecule has 16 heavy (non-hydrogen) atoms. The third-order valence-corrected chi connectivity index (χ3v) is 2.40. The Kier molecular flexibility index (Phi) is 2.86. The van der Waals surface area contributed by atoms with Crippen molar-refractivity contribution >= 4 is 5.78 Å².